The second kappa shape index (κ2) is 5.90. The van der Waals surface area contributed by atoms with Crippen LogP contribution in [0.3, 0.4) is 0 Å². The van der Waals surface area contributed by atoms with Crippen molar-refractivity contribution in [1.82, 2.24) is 10.6 Å². The van der Waals surface area contributed by atoms with E-state index in [4.69, 9.17) is 5.11 Å². The van der Waals surface area contributed by atoms with Gasteiger partial charge in [0, 0.05) is 18.9 Å². The van der Waals surface area contributed by atoms with Crippen LogP contribution in [-0.2, 0) is 9.59 Å². The first-order valence-electron chi connectivity index (χ1n) is 5.48. The zero-order valence-corrected chi connectivity index (χ0v) is 9.29. The first-order chi connectivity index (χ1) is 7.94. The lowest BCUT2D eigenvalue weighted by Crippen LogP contribution is -2.48. The van der Waals surface area contributed by atoms with Gasteiger partial charge in [0.2, 0.25) is 6.41 Å². The lowest BCUT2D eigenvalue weighted by Gasteiger charge is -2.35. The van der Waals surface area contributed by atoms with E-state index in [2.05, 4.69) is 10.6 Å². The van der Waals surface area contributed by atoms with Gasteiger partial charge in [0.1, 0.15) is 6.04 Å². The summed E-state index contributed by atoms with van der Waals surface area (Å²) in [7, 11) is 0. The highest BCUT2D eigenvalue weighted by molar-refractivity contribution is 5.76. The molecular formula is C10H16F2N2O3. The molecule has 0 aromatic carbocycles. The topological polar surface area (TPSA) is 78.4 Å². The summed E-state index contributed by atoms with van der Waals surface area (Å²) >= 11 is 0. The highest BCUT2D eigenvalue weighted by atomic mass is 19.3. The van der Waals surface area contributed by atoms with Gasteiger partial charge in [-0.1, -0.05) is 0 Å². The number of carboxylic acids is 1. The number of carboxylic acid groups (broad SMARTS) is 1. The van der Waals surface area contributed by atoms with Gasteiger partial charge >= 0.3 is 5.97 Å². The fraction of sp³-hybridized carbons (Fsp3) is 0.800. The Morgan fingerprint density at radius 1 is 1.53 bits per heavy atom. The summed E-state index contributed by atoms with van der Waals surface area (Å²) in [6.45, 7) is 0.477. The van der Waals surface area contributed by atoms with Crippen LogP contribution < -0.4 is 10.6 Å². The highest BCUT2D eigenvalue weighted by Gasteiger charge is 2.44. The quantitative estimate of drug-likeness (QED) is 0.429. The summed E-state index contributed by atoms with van der Waals surface area (Å²) < 4.78 is 24.9. The average molecular weight is 250 g/mol. The second-order valence-electron chi connectivity index (χ2n) is 4.23. The minimum Gasteiger partial charge on any atom is -0.480 e. The third kappa shape index (κ3) is 4.64. The smallest absolute Gasteiger partial charge is 0.326 e. The van der Waals surface area contributed by atoms with Crippen molar-refractivity contribution in [3.63, 3.8) is 0 Å². The van der Waals surface area contributed by atoms with Crippen LogP contribution >= 0.6 is 0 Å². The molecule has 1 unspecified atom stereocenters. The van der Waals surface area contributed by atoms with Gasteiger partial charge in [0.05, 0.1) is 0 Å². The van der Waals surface area contributed by atoms with E-state index >= 15 is 0 Å². The Kier molecular flexibility index (Phi) is 4.80. The number of rotatable bonds is 8. The summed E-state index contributed by atoms with van der Waals surface area (Å²) in [5.74, 6) is -3.63. The SMILES string of the molecule is O=CNC(CCCNC1CC(F)(F)C1)C(=O)O. The van der Waals surface area contributed by atoms with Crippen molar-refractivity contribution in [2.75, 3.05) is 6.54 Å². The molecule has 0 radical (unpaired) electrons. The lowest BCUT2D eigenvalue weighted by atomic mass is 9.88. The Hall–Kier alpha value is -1.24. The number of aliphatic carboxylic acids is 1. The van der Waals surface area contributed by atoms with Crippen molar-refractivity contribution in [2.45, 2.75) is 43.7 Å². The van der Waals surface area contributed by atoms with E-state index < -0.39 is 17.9 Å². The number of carbonyl (C=O) groups is 2. The molecule has 1 aliphatic carbocycles. The Morgan fingerprint density at radius 2 is 2.18 bits per heavy atom. The van der Waals surface area contributed by atoms with Crippen LogP contribution in [0, 0.1) is 0 Å². The fourth-order valence-electron chi connectivity index (χ4n) is 1.78. The van der Waals surface area contributed by atoms with Gasteiger partial charge in [-0.15, -0.1) is 0 Å². The number of hydrogen-bond donors (Lipinski definition) is 3. The molecule has 1 amide bonds. The van der Waals surface area contributed by atoms with Crippen molar-refractivity contribution in [3.8, 4) is 0 Å². The van der Waals surface area contributed by atoms with Crippen LogP contribution in [0.4, 0.5) is 8.78 Å². The molecule has 7 heteroatoms. The fourth-order valence-corrected chi connectivity index (χ4v) is 1.78. The molecule has 0 bridgehead atoms. The van der Waals surface area contributed by atoms with E-state index in [0.717, 1.165) is 0 Å². The largest absolute Gasteiger partial charge is 0.480 e. The van der Waals surface area contributed by atoms with E-state index in [1.807, 2.05) is 0 Å². The first kappa shape index (κ1) is 13.8. The zero-order chi connectivity index (χ0) is 12.9. The van der Waals surface area contributed by atoms with E-state index in [0.29, 0.717) is 19.4 Å². The van der Waals surface area contributed by atoms with E-state index in [9.17, 15) is 18.4 Å². The standard InChI is InChI=1S/C10H16F2N2O3/c11-10(12)4-7(5-10)13-3-1-2-8(9(16)17)14-6-15/h6-8,13H,1-5H2,(H,14,15)(H,16,17). The summed E-state index contributed by atoms with van der Waals surface area (Å²) in [5.41, 5.74) is 0. The summed E-state index contributed by atoms with van der Waals surface area (Å²) in [5, 5.41) is 13.8. The maximum atomic E-state index is 12.5. The summed E-state index contributed by atoms with van der Waals surface area (Å²) in [4.78, 5) is 20.7. The maximum absolute atomic E-state index is 12.5. The molecule has 0 spiro atoms. The Morgan fingerprint density at radius 3 is 2.65 bits per heavy atom. The van der Waals surface area contributed by atoms with Crippen LogP contribution in [0.25, 0.3) is 0 Å². The summed E-state index contributed by atoms with van der Waals surface area (Å²) in [6, 6.07) is -1.08. The lowest BCUT2D eigenvalue weighted by molar-refractivity contribution is -0.140. The molecule has 0 aromatic heterocycles. The van der Waals surface area contributed by atoms with E-state index in [1.54, 1.807) is 0 Å². The van der Waals surface area contributed by atoms with Crippen LogP contribution in [-0.4, -0.2) is 42.0 Å². The van der Waals surface area contributed by atoms with Gasteiger partial charge in [-0.05, 0) is 19.4 Å². The van der Waals surface area contributed by atoms with Crippen molar-refractivity contribution in [2.24, 2.45) is 0 Å². The van der Waals surface area contributed by atoms with Crippen molar-refractivity contribution in [3.05, 3.63) is 0 Å². The van der Waals surface area contributed by atoms with Gasteiger partial charge in [-0.25, -0.2) is 13.6 Å². The molecule has 1 fully saturated rings. The molecule has 0 aliphatic heterocycles. The monoisotopic (exact) mass is 250 g/mol. The molecular weight excluding hydrogens is 234 g/mol. The normalized spacial score (nSPS) is 20.4. The van der Waals surface area contributed by atoms with Crippen LogP contribution in [0.1, 0.15) is 25.7 Å². The number of hydrogen-bond acceptors (Lipinski definition) is 3. The molecule has 0 saturated heterocycles. The van der Waals surface area contributed by atoms with Gasteiger partial charge < -0.3 is 15.7 Å². The van der Waals surface area contributed by atoms with E-state index in [1.165, 1.54) is 0 Å². The van der Waals surface area contributed by atoms with Gasteiger partial charge in [-0.3, -0.25) is 4.79 Å². The third-order valence-electron chi connectivity index (χ3n) is 2.76. The molecule has 1 atom stereocenters. The molecule has 5 nitrogen and oxygen atoms in total. The van der Waals surface area contributed by atoms with Crippen molar-refractivity contribution in [1.29, 1.82) is 0 Å². The van der Waals surface area contributed by atoms with Crippen LogP contribution in [0.5, 0.6) is 0 Å². The van der Waals surface area contributed by atoms with Gasteiger partial charge in [0.25, 0.3) is 5.92 Å². The second-order valence-corrected chi connectivity index (χ2v) is 4.23. The van der Waals surface area contributed by atoms with Crippen molar-refractivity contribution >= 4 is 12.4 Å². The highest BCUT2D eigenvalue weighted by Crippen LogP contribution is 2.37. The number of nitrogens with one attached hydrogen (secondary N) is 2. The zero-order valence-electron chi connectivity index (χ0n) is 9.29. The van der Waals surface area contributed by atoms with E-state index in [-0.39, 0.29) is 25.3 Å². The summed E-state index contributed by atoms with van der Waals surface area (Å²) in [6.07, 6.45) is 0.840. The molecule has 0 heterocycles. The number of halogens is 2. The van der Waals surface area contributed by atoms with Gasteiger partial charge in [0.15, 0.2) is 0 Å². The molecule has 1 saturated carbocycles. The third-order valence-corrected chi connectivity index (χ3v) is 2.76. The minimum absolute atomic E-state index is 0.151. The van der Waals surface area contributed by atoms with Crippen LogP contribution in [0.2, 0.25) is 0 Å². The molecule has 1 rings (SSSR count). The Balaban J connectivity index is 2.07. The number of alkyl halides is 2. The number of carbonyl (C=O) groups excluding carboxylic acids is 1. The maximum Gasteiger partial charge on any atom is 0.326 e. The Bertz CT molecular complexity index is 279. The predicted molar refractivity (Wildman–Crippen MR) is 55.8 cm³/mol. The molecule has 3 N–H and O–H groups in total. The molecule has 17 heavy (non-hydrogen) atoms. The molecule has 98 valence electrons. The van der Waals surface area contributed by atoms with Crippen molar-refractivity contribution < 1.29 is 23.5 Å². The molecule has 0 aromatic rings. The van der Waals surface area contributed by atoms with Crippen LogP contribution in [0.15, 0.2) is 0 Å². The van der Waals surface area contributed by atoms with Gasteiger partial charge in [-0.2, -0.15) is 0 Å². The average Bonchev–Trinajstić information content (AvgIpc) is 2.19. The first-order valence-corrected chi connectivity index (χ1v) is 5.48. The number of amides is 1. The minimum atomic E-state index is -2.54. The molecule has 1 aliphatic rings. The Labute approximate surface area is 97.6 Å². The predicted octanol–water partition coefficient (Wildman–Crippen LogP) is 0.353.